The molecule has 1 rings (SSSR count). The lowest BCUT2D eigenvalue weighted by molar-refractivity contribution is 0.112. The van der Waals surface area contributed by atoms with Crippen molar-refractivity contribution in [1.29, 1.82) is 0 Å². The first-order valence-electron chi connectivity index (χ1n) is 6.82. The van der Waals surface area contributed by atoms with Crippen LogP contribution in [0.2, 0.25) is 0 Å². The van der Waals surface area contributed by atoms with Crippen molar-refractivity contribution in [2.45, 2.75) is 27.2 Å². The van der Waals surface area contributed by atoms with Gasteiger partial charge < -0.3 is 9.80 Å². The molecule has 0 bridgehead atoms. The molecule has 0 fully saturated rings. The first kappa shape index (κ1) is 16.1. The maximum atomic E-state index is 11.1. The van der Waals surface area contributed by atoms with Crippen molar-refractivity contribution in [3.63, 3.8) is 0 Å². The average Bonchev–Trinajstić information content (AvgIpc) is 2.76. The van der Waals surface area contributed by atoms with Gasteiger partial charge in [0.05, 0.1) is 10.6 Å². The Labute approximate surface area is 120 Å². The minimum Gasteiger partial charge on any atom is -0.347 e. The van der Waals surface area contributed by atoms with Crippen molar-refractivity contribution in [3.8, 4) is 0 Å². The summed E-state index contributed by atoms with van der Waals surface area (Å²) in [7, 11) is 4.15. The molecule has 0 aliphatic carbocycles. The molecule has 0 saturated carbocycles. The molecular formula is C14H25N3OS. The summed E-state index contributed by atoms with van der Waals surface area (Å²) in [6.45, 7) is 9.36. The zero-order valence-electron chi connectivity index (χ0n) is 12.6. The fourth-order valence-corrected chi connectivity index (χ4v) is 2.86. The number of carbonyl (C=O) groups is 1. The molecule has 0 aliphatic rings. The lowest BCUT2D eigenvalue weighted by Gasteiger charge is -2.25. The molecule has 0 amide bonds. The van der Waals surface area contributed by atoms with Crippen molar-refractivity contribution >= 4 is 22.8 Å². The number of anilines is 1. The molecule has 0 saturated heterocycles. The number of aryl methyl sites for hydroxylation is 1. The highest BCUT2D eigenvalue weighted by Crippen LogP contribution is 2.26. The predicted molar refractivity (Wildman–Crippen MR) is 82.5 cm³/mol. The number of carbonyl (C=O) groups excluding carboxylic acids is 1. The normalized spacial score (nSPS) is 11.3. The molecule has 0 aliphatic heterocycles. The number of aldehydes is 1. The minimum absolute atomic E-state index is 0.579. The molecule has 1 heterocycles. The average molecular weight is 283 g/mol. The maximum Gasteiger partial charge on any atom is 0.186 e. The fraction of sp³-hybridized carbons (Fsp3) is 0.714. The van der Waals surface area contributed by atoms with Crippen LogP contribution < -0.4 is 4.90 Å². The van der Waals surface area contributed by atoms with Crippen LogP contribution in [0.4, 0.5) is 5.13 Å². The van der Waals surface area contributed by atoms with Crippen molar-refractivity contribution < 1.29 is 4.79 Å². The molecule has 1 aromatic heterocycles. The summed E-state index contributed by atoms with van der Waals surface area (Å²) in [6, 6.07) is 0. The maximum absolute atomic E-state index is 11.1. The van der Waals surface area contributed by atoms with Crippen LogP contribution >= 0.6 is 11.3 Å². The summed E-state index contributed by atoms with van der Waals surface area (Å²) in [5.41, 5.74) is 0.925. The Morgan fingerprint density at radius 1 is 1.32 bits per heavy atom. The van der Waals surface area contributed by atoms with E-state index in [0.717, 1.165) is 48.0 Å². The van der Waals surface area contributed by atoms with Gasteiger partial charge in [0.2, 0.25) is 0 Å². The number of nitrogens with zero attached hydrogens (tertiary/aromatic N) is 3. The van der Waals surface area contributed by atoms with Gasteiger partial charge in [-0.3, -0.25) is 4.79 Å². The number of hydrogen-bond acceptors (Lipinski definition) is 5. The third-order valence-corrected chi connectivity index (χ3v) is 3.92. The summed E-state index contributed by atoms with van der Waals surface area (Å²) in [5, 5.41) is 0.981. The van der Waals surface area contributed by atoms with E-state index in [1.54, 1.807) is 0 Å². The second-order valence-electron chi connectivity index (χ2n) is 5.42. The van der Waals surface area contributed by atoms with E-state index >= 15 is 0 Å². The van der Waals surface area contributed by atoms with E-state index in [2.05, 4.69) is 42.7 Å². The molecule has 0 aromatic carbocycles. The van der Waals surface area contributed by atoms with Crippen LogP contribution in [0.5, 0.6) is 0 Å². The SMILES string of the molecule is CCc1nc(N(CCN(C)C)CC(C)C)sc1C=O. The molecule has 0 atom stereocenters. The Bertz CT molecular complexity index is 401. The van der Waals surface area contributed by atoms with Crippen molar-refractivity contribution in [1.82, 2.24) is 9.88 Å². The lowest BCUT2D eigenvalue weighted by atomic mass is 10.2. The summed E-state index contributed by atoms with van der Waals surface area (Å²) in [6.07, 6.45) is 1.74. The summed E-state index contributed by atoms with van der Waals surface area (Å²) < 4.78 is 0. The topological polar surface area (TPSA) is 36.4 Å². The van der Waals surface area contributed by atoms with Crippen LogP contribution in [0.3, 0.4) is 0 Å². The smallest absolute Gasteiger partial charge is 0.186 e. The molecule has 0 unspecified atom stereocenters. The van der Waals surface area contributed by atoms with E-state index in [4.69, 9.17) is 0 Å². The molecule has 0 N–H and O–H groups in total. The van der Waals surface area contributed by atoms with Crippen molar-refractivity contribution in [2.75, 3.05) is 38.6 Å². The quantitative estimate of drug-likeness (QED) is 0.687. The van der Waals surface area contributed by atoms with Crippen LogP contribution in [-0.2, 0) is 6.42 Å². The third kappa shape index (κ3) is 4.91. The lowest BCUT2D eigenvalue weighted by Crippen LogP contribution is -2.34. The Morgan fingerprint density at radius 3 is 2.42 bits per heavy atom. The Hall–Kier alpha value is -0.940. The molecular weight excluding hydrogens is 258 g/mol. The van der Waals surface area contributed by atoms with Gasteiger partial charge in [-0.25, -0.2) is 4.98 Å². The van der Waals surface area contributed by atoms with E-state index in [0.29, 0.717) is 5.92 Å². The Balaban J connectivity index is 2.89. The van der Waals surface area contributed by atoms with Gasteiger partial charge >= 0.3 is 0 Å². The van der Waals surface area contributed by atoms with Gasteiger partial charge in [0.15, 0.2) is 11.4 Å². The first-order valence-corrected chi connectivity index (χ1v) is 7.64. The number of likely N-dealkylation sites (N-methyl/N-ethyl adjacent to an activating group) is 1. The molecule has 4 nitrogen and oxygen atoms in total. The van der Waals surface area contributed by atoms with Gasteiger partial charge in [-0.05, 0) is 26.4 Å². The highest BCUT2D eigenvalue weighted by Gasteiger charge is 2.16. The number of rotatable bonds is 8. The minimum atomic E-state index is 0.579. The molecule has 108 valence electrons. The second kappa shape index (κ2) is 7.60. The molecule has 1 aromatic rings. The van der Waals surface area contributed by atoms with Crippen LogP contribution in [0.15, 0.2) is 0 Å². The highest BCUT2D eigenvalue weighted by atomic mass is 32.1. The van der Waals surface area contributed by atoms with Crippen LogP contribution in [0.1, 0.15) is 36.1 Å². The van der Waals surface area contributed by atoms with E-state index in [-0.39, 0.29) is 0 Å². The summed E-state index contributed by atoms with van der Waals surface area (Å²) in [5.74, 6) is 0.579. The summed E-state index contributed by atoms with van der Waals surface area (Å²) >= 11 is 1.51. The van der Waals surface area contributed by atoms with E-state index < -0.39 is 0 Å². The van der Waals surface area contributed by atoms with Crippen molar-refractivity contribution in [2.24, 2.45) is 5.92 Å². The van der Waals surface area contributed by atoms with Gasteiger partial charge in [0.25, 0.3) is 0 Å². The standard InChI is InChI=1S/C14H25N3OS/c1-6-12-13(10-18)19-14(15-12)17(9-11(2)3)8-7-16(4)5/h10-11H,6-9H2,1-5H3. The first-order chi connectivity index (χ1) is 8.97. The molecule has 0 radical (unpaired) electrons. The van der Waals surface area contributed by atoms with Crippen molar-refractivity contribution in [3.05, 3.63) is 10.6 Å². The van der Waals surface area contributed by atoms with Crippen LogP contribution in [0.25, 0.3) is 0 Å². The predicted octanol–water partition coefficient (Wildman–Crippen LogP) is 2.54. The van der Waals surface area contributed by atoms with Gasteiger partial charge in [-0.1, -0.05) is 32.1 Å². The zero-order valence-corrected chi connectivity index (χ0v) is 13.5. The number of aromatic nitrogens is 1. The van der Waals surface area contributed by atoms with Gasteiger partial charge in [0.1, 0.15) is 0 Å². The Morgan fingerprint density at radius 2 is 2.00 bits per heavy atom. The van der Waals surface area contributed by atoms with Gasteiger partial charge in [-0.2, -0.15) is 0 Å². The van der Waals surface area contributed by atoms with Gasteiger partial charge in [-0.15, -0.1) is 0 Å². The van der Waals surface area contributed by atoms with E-state index in [1.165, 1.54) is 11.3 Å². The van der Waals surface area contributed by atoms with E-state index in [1.807, 2.05) is 6.92 Å². The van der Waals surface area contributed by atoms with Gasteiger partial charge in [0, 0.05) is 19.6 Å². The van der Waals surface area contributed by atoms with Crippen LogP contribution in [0, 0.1) is 5.92 Å². The molecule has 5 heteroatoms. The zero-order chi connectivity index (χ0) is 14.4. The monoisotopic (exact) mass is 283 g/mol. The number of thiazole rings is 1. The fourth-order valence-electron chi connectivity index (χ4n) is 1.86. The Kier molecular flexibility index (Phi) is 6.45. The molecule has 19 heavy (non-hydrogen) atoms. The third-order valence-electron chi connectivity index (χ3n) is 2.83. The van der Waals surface area contributed by atoms with E-state index in [9.17, 15) is 4.79 Å². The van der Waals surface area contributed by atoms with Crippen LogP contribution in [-0.4, -0.2) is 49.9 Å². The second-order valence-corrected chi connectivity index (χ2v) is 6.43. The highest BCUT2D eigenvalue weighted by molar-refractivity contribution is 7.17. The summed E-state index contributed by atoms with van der Waals surface area (Å²) in [4.78, 5) is 20.9. The number of hydrogen-bond donors (Lipinski definition) is 0. The molecule has 0 spiro atoms. The largest absolute Gasteiger partial charge is 0.347 e.